The molecule has 7 nitrogen and oxygen atoms in total. The van der Waals surface area contributed by atoms with Crippen molar-refractivity contribution in [2.24, 2.45) is 0 Å². The number of aliphatic carboxylic acids is 1. The first kappa shape index (κ1) is 16.8. The number of hydrogen-bond donors (Lipinski definition) is 3. The molecule has 2 amide bonds. The Morgan fingerprint density at radius 2 is 2.09 bits per heavy atom. The Balaban J connectivity index is 2.14. The Morgan fingerprint density at radius 3 is 2.74 bits per heavy atom. The second-order valence-corrected chi connectivity index (χ2v) is 5.15. The number of aromatic nitrogens is 2. The molecule has 0 aliphatic carbocycles. The number of nitrogens with one attached hydrogen (secondary N) is 2. The van der Waals surface area contributed by atoms with Gasteiger partial charge in [0.05, 0.1) is 34.7 Å². The normalized spacial score (nSPS) is 10.3. The lowest BCUT2D eigenvalue weighted by molar-refractivity contribution is -0.136. The van der Waals surface area contributed by atoms with Crippen molar-refractivity contribution in [3.05, 3.63) is 41.2 Å². The van der Waals surface area contributed by atoms with Gasteiger partial charge in [-0.1, -0.05) is 30.7 Å². The van der Waals surface area contributed by atoms with Gasteiger partial charge in [0, 0.05) is 6.54 Å². The fourth-order valence-electron chi connectivity index (χ4n) is 2.10. The van der Waals surface area contributed by atoms with Gasteiger partial charge < -0.3 is 15.7 Å². The number of para-hydroxylation sites is 1. The van der Waals surface area contributed by atoms with Gasteiger partial charge in [0.1, 0.15) is 0 Å². The molecule has 3 N–H and O–H groups in total. The van der Waals surface area contributed by atoms with Gasteiger partial charge in [0.2, 0.25) is 0 Å². The number of nitrogens with zero attached hydrogens (tertiary/aromatic N) is 2. The largest absolute Gasteiger partial charge is 0.481 e. The van der Waals surface area contributed by atoms with Gasteiger partial charge in [-0.25, -0.2) is 9.48 Å². The number of carbonyl (C=O) groups is 2. The minimum Gasteiger partial charge on any atom is -0.481 e. The SMILES string of the molecule is CCc1c(NC(=O)NCCC(=O)O)cnn1-c1ccccc1Cl. The summed E-state index contributed by atoms with van der Waals surface area (Å²) in [6, 6.07) is 6.82. The number of anilines is 1. The van der Waals surface area contributed by atoms with Crippen LogP contribution in [0.5, 0.6) is 0 Å². The first-order valence-corrected chi connectivity index (χ1v) is 7.49. The molecule has 0 spiro atoms. The van der Waals surface area contributed by atoms with Crippen LogP contribution in [0.1, 0.15) is 19.0 Å². The minimum absolute atomic E-state index is 0.0568. The van der Waals surface area contributed by atoms with E-state index < -0.39 is 12.0 Å². The molecule has 0 saturated heterocycles. The second kappa shape index (κ2) is 7.64. The van der Waals surface area contributed by atoms with E-state index in [4.69, 9.17) is 16.7 Å². The van der Waals surface area contributed by atoms with Crippen molar-refractivity contribution in [3.8, 4) is 5.69 Å². The summed E-state index contributed by atoms with van der Waals surface area (Å²) in [6.07, 6.45) is 2.04. The predicted octanol–water partition coefficient (Wildman–Crippen LogP) is 2.68. The first-order valence-electron chi connectivity index (χ1n) is 7.11. The van der Waals surface area contributed by atoms with Crippen molar-refractivity contribution >= 4 is 29.3 Å². The van der Waals surface area contributed by atoms with E-state index in [2.05, 4.69) is 15.7 Å². The molecule has 8 heteroatoms. The molecule has 1 aromatic heterocycles. The first-order chi connectivity index (χ1) is 11.0. The quantitative estimate of drug-likeness (QED) is 0.755. The third kappa shape index (κ3) is 4.23. The molecule has 0 fully saturated rings. The van der Waals surface area contributed by atoms with Crippen LogP contribution in [0.4, 0.5) is 10.5 Å². The molecule has 0 saturated carbocycles. The zero-order valence-electron chi connectivity index (χ0n) is 12.5. The van der Waals surface area contributed by atoms with Crippen LogP contribution in [0.25, 0.3) is 5.69 Å². The molecule has 0 bridgehead atoms. The van der Waals surface area contributed by atoms with E-state index in [1.165, 1.54) is 0 Å². The highest BCUT2D eigenvalue weighted by molar-refractivity contribution is 6.32. The predicted molar refractivity (Wildman–Crippen MR) is 87.2 cm³/mol. The monoisotopic (exact) mass is 336 g/mol. The van der Waals surface area contributed by atoms with Gasteiger partial charge >= 0.3 is 12.0 Å². The van der Waals surface area contributed by atoms with Crippen molar-refractivity contribution in [2.45, 2.75) is 19.8 Å². The Labute approximate surface area is 138 Å². The number of benzene rings is 1. The maximum atomic E-state index is 11.8. The Bertz CT molecular complexity index is 714. The van der Waals surface area contributed by atoms with Crippen molar-refractivity contribution in [2.75, 3.05) is 11.9 Å². The van der Waals surface area contributed by atoms with Crippen LogP contribution in [0.2, 0.25) is 5.02 Å². The number of carboxylic acid groups (broad SMARTS) is 1. The van der Waals surface area contributed by atoms with Crippen LogP contribution >= 0.6 is 11.6 Å². The molecule has 2 aromatic rings. The molecule has 122 valence electrons. The van der Waals surface area contributed by atoms with Crippen LogP contribution in [0.15, 0.2) is 30.5 Å². The van der Waals surface area contributed by atoms with Crippen LogP contribution in [0, 0.1) is 0 Å². The number of carbonyl (C=O) groups excluding carboxylic acids is 1. The highest BCUT2D eigenvalue weighted by atomic mass is 35.5. The summed E-state index contributed by atoms with van der Waals surface area (Å²) in [5, 5.41) is 18.5. The molecule has 1 aromatic carbocycles. The lowest BCUT2D eigenvalue weighted by Crippen LogP contribution is -2.30. The van der Waals surface area contributed by atoms with Gasteiger partial charge in [-0.05, 0) is 18.6 Å². The minimum atomic E-state index is -0.967. The molecule has 0 radical (unpaired) electrons. The van der Waals surface area contributed by atoms with E-state index >= 15 is 0 Å². The summed E-state index contributed by atoms with van der Waals surface area (Å²) in [4.78, 5) is 22.2. The molecule has 0 aliphatic heterocycles. The van der Waals surface area contributed by atoms with E-state index in [0.717, 1.165) is 11.4 Å². The number of carboxylic acids is 1. The highest BCUT2D eigenvalue weighted by Crippen LogP contribution is 2.25. The van der Waals surface area contributed by atoms with E-state index in [1.54, 1.807) is 16.9 Å². The maximum absolute atomic E-state index is 11.8. The summed E-state index contributed by atoms with van der Waals surface area (Å²) in [7, 11) is 0. The number of amides is 2. The summed E-state index contributed by atoms with van der Waals surface area (Å²) in [5.41, 5.74) is 2.08. The highest BCUT2D eigenvalue weighted by Gasteiger charge is 2.14. The molecule has 0 unspecified atom stereocenters. The number of hydrogen-bond acceptors (Lipinski definition) is 3. The van der Waals surface area contributed by atoms with Crippen molar-refractivity contribution in [1.29, 1.82) is 0 Å². The lowest BCUT2D eigenvalue weighted by atomic mass is 10.2. The summed E-state index contributed by atoms with van der Waals surface area (Å²) >= 11 is 6.18. The fraction of sp³-hybridized carbons (Fsp3) is 0.267. The zero-order valence-corrected chi connectivity index (χ0v) is 13.3. The van der Waals surface area contributed by atoms with Crippen LogP contribution < -0.4 is 10.6 Å². The van der Waals surface area contributed by atoms with E-state index in [1.807, 2.05) is 25.1 Å². The van der Waals surface area contributed by atoms with Crippen molar-refractivity contribution in [1.82, 2.24) is 15.1 Å². The van der Waals surface area contributed by atoms with Crippen LogP contribution in [-0.4, -0.2) is 33.4 Å². The van der Waals surface area contributed by atoms with Crippen molar-refractivity contribution < 1.29 is 14.7 Å². The molecule has 2 rings (SSSR count). The van der Waals surface area contributed by atoms with Gasteiger partial charge in [-0.15, -0.1) is 0 Å². The van der Waals surface area contributed by atoms with Crippen molar-refractivity contribution in [3.63, 3.8) is 0 Å². The van der Waals surface area contributed by atoms with Gasteiger partial charge in [0.15, 0.2) is 0 Å². The van der Waals surface area contributed by atoms with Gasteiger partial charge in [-0.3, -0.25) is 4.79 Å². The van der Waals surface area contributed by atoms with Gasteiger partial charge in [-0.2, -0.15) is 5.10 Å². The van der Waals surface area contributed by atoms with Crippen LogP contribution in [-0.2, 0) is 11.2 Å². The average Bonchev–Trinajstić information content (AvgIpc) is 2.89. The number of rotatable bonds is 6. The molecular formula is C15H17ClN4O3. The van der Waals surface area contributed by atoms with Gasteiger partial charge in [0.25, 0.3) is 0 Å². The number of halogens is 1. The second-order valence-electron chi connectivity index (χ2n) is 4.75. The Kier molecular flexibility index (Phi) is 5.59. The summed E-state index contributed by atoms with van der Waals surface area (Å²) in [6.45, 7) is 2.00. The molecule has 0 atom stereocenters. The smallest absolute Gasteiger partial charge is 0.319 e. The van der Waals surface area contributed by atoms with Crippen LogP contribution in [0.3, 0.4) is 0 Å². The molecule has 0 aliphatic rings. The summed E-state index contributed by atoms with van der Waals surface area (Å²) in [5.74, 6) is -0.967. The van der Waals surface area contributed by atoms with E-state index in [-0.39, 0.29) is 13.0 Å². The van der Waals surface area contributed by atoms with E-state index in [0.29, 0.717) is 17.1 Å². The molecule has 1 heterocycles. The third-order valence-electron chi connectivity index (χ3n) is 3.16. The molecule has 23 heavy (non-hydrogen) atoms. The maximum Gasteiger partial charge on any atom is 0.319 e. The van der Waals surface area contributed by atoms with E-state index in [9.17, 15) is 9.59 Å². The average molecular weight is 337 g/mol. The summed E-state index contributed by atoms with van der Waals surface area (Å²) < 4.78 is 1.68. The topological polar surface area (TPSA) is 96.2 Å². The standard InChI is InChI=1S/C15H17ClN4O3/c1-2-12-11(19-15(23)17-8-7-14(21)22)9-18-20(12)13-6-4-3-5-10(13)16/h3-6,9H,2,7-8H2,1H3,(H,21,22)(H2,17,19,23). The number of urea groups is 1. The zero-order chi connectivity index (χ0) is 16.8. The fourth-order valence-corrected chi connectivity index (χ4v) is 2.31. The Hall–Kier alpha value is -2.54. The molecular weight excluding hydrogens is 320 g/mol. The lowest BCUT2D eigenvalue weighted by Gasteiger charge is -2.10. The third-order valence-corrected chi connectivity index (χ3v) is 3.48. The Morgan fingerprint density at radius 1 is 1.35 bits per heavy atom.